The van der Waals surface area contributed by atoms with Crippen molar-refractivity contribution in [1.82, 2.24) is 15.5 Å². The topological polar surface area (TPSA) is 48.9 Å². The number of rotatable bonds is 8. The van der Waals surface area contributed by atoms with Crippen LogP contribution >= 0.6 is 24.0 Å². The standard InChI is InChI=1S/C15H32N4O.HI/c1-4-16-15(17-10-12-20-6-3)18-13-14-9-7-8-11-19(14)5-2;/h14H,4-13H2,1-3H3,(H2,16,17,18);1H. The average Bonchev–Trinajstić information content (AvgIpc) is 2.49. The van der Waals surface area contributed by atoms with E-state index in [0.29, 0.717) is 6.04 Å². The molecule has 0 spiro atoms. The fourth-order valence-electron chi connectivity index (χ4n) is 2.61. The SMILES string of the molecule is CCNC(=NCC1CCCCN1CC)NCCOCC.I. The van der Waals surface area contributed by atoms with E-state index in [1.54, 1.807) is 0 Å². The fourth-order valence-corrected chi connectivity index (χ4v) is 2.61. The molecule has 0 bridgehead atoms. The van der Waals surface area contributed by atoms with E-state index >= 15 is 0 Å². The first-order chi connectivity index (χ1) is 9.81. The minimum Gasteiger partial charge on any atom is -0.380 e. The number of nitrogens with one attached hydrogen (secondary N) is 2. The van der Waals surface area contributed by atoms with Crippen LogP contribution in [0.15, 0.2) is 4.99 Å². The highest BCUT2D eigenvalue weighted by molar-refractivity contribution is 14.0. The highest BCUT2D eigenvalue weighted by Gasteiger charge is 2.20. The summed E-state index contributed by atoms with van der Waals surface area (Å²) in [6.07, 6.45) is 3.95. The van der Waals surface area contributed by atoms with Gasteiger partial charge in [-0.15, -0.1) is 24.0 Å². The van der Waals surface area contributed by atoms with Crippen LogP contribution in [0.25, 0.3) is 0 Å². The third kappa shape index (κ3) is 8.83. The lowest BCUT2D eigenvalue weighted by Crippen LogP contribution is -2.43. The molecule has 1 rings (SSSR count). The van der Waals surface area contributed by atoms with E-state index in [1.807, 2.05) is 6.92 Å². The lowest BCUT2D eigenvalue weighted by Gasteiger charge is -2.33. The number of likely N-dealkylation sites (tertiary alicyclic amines) is 1. The van der Waals surface area contributed by atoms with Gasteiger partial charge in [0.25, 0.3) is 0 Å². The van der Waals surface area contributed by atoms with Crippen LogP contribution in [0.1, 0.15) is 40.0 Å². The maximum Gasteiger partial charge on any atom is 0.191 e. The maximum absolute atomic E-state index is 5.34. The number of guanidine groups is 1. The number of ether oxygens (including phenoxy) is 1. The zero-order valence-corrected chi connectivity index (χ0v) is 16.2. The Bertz CT molecular complexity index is 276. The number of aliphatic imine (C=N–C) groups is 1. The first kappa shape index (κ1) is 20.9. The van der Waals surface area contributed by atoms with Gasteiger partial charge in [0.15, 0.2) is 5.96 Å². The average molecular weight is 412 g/mol. The zero-order chi connectivity index (χ0) is 14.6. The van der Waals surface area contributed by atoms with Gasteiger partial charge in [0.2, 0.25) is 0 Å². The van der Waals surface area contributed by atoms with Crippen LogP contribution in [-0.2, 0) is 4.74 Å². The maximum atomic E-state index is 5.34. The summed E-state index contributed by atoms with van der Waals surface area (Å²) in [5, 5.41) is 6.62. The summed E-state index contributed by atoms with van der Waals surface area (Å²) in [4.78, 5) is 7.28. The summed E-state index contributed by atoms with van der Waals surface area (Å²) in [5.41, 5.74) is 0. The molecule has 21 heavy (non-hydrogen) atoms. The molecule has 1 heterocycles. The van der Waals surface area contributed by atoms with Gasteiger partial charge in [-0.3, -0.25) is 9.89 Å². The Morgan fingerprint density at radius 3 is 2.71 bits per heavy atom. The lowest BCUT2D eigenvalue weighted by atomic mass is 10.0. The minimum absolute atomic E-state index is 0. The summed E-state index contributed by atoms with van der Waals surface area (Å²) >= 11 is 0. The normalized spacial score (nSPS) is 20.0. The molecule has 126 valence electrons. The highest BCUT2D eigenvalue weighted by atomic mass is 127. The predicted octanol–water partition coefficient (Wildman–Crippen LogP) is 2.07. The molecule has 0 aromatic rings. The molecule has 0 saturated carbocycles. The predicted molar refractivity (Wildman–Crippen MR) is 101 cm³/mol. The van der Waals surface area contributed by atoms with Gasteiger partial charge in [0.1, 0.15) is 0 Å². The van der Waals surface area contributed by atoms with E-state index in [9.17, 15) is 0 Å². The first-order valence-electron chi connectivity index (χ1n) is 8.15. The van der Waals surface area contributed by atoms with Gasteiger partial charge in [-0.05, 0) is 39.8 Å². The molecule has 5 nitrogen and oxygen atoms in total. The third-order valence-corrected chi connectivity index (χ3v) is 3.70. The van der Waals surface area contributed by atoms with E-state index in [-0.39, 0.29) is 24.0 Å². The van der Waals surface area contributed by atoms with Crippen molar-refractivity contribution in [3.63, 3.8) is 0 Å². The number of halogens is 1. The Morgan fingerprint density at radius 1 is 1.24 bits per heavy atom. The van der Waals surface area contributed by atoms with Crippen LogP contribution in [0.4, 0.5) is 0 Å². The van der Waals surface area contributed by atoms with Crippen LogP contribution in [0.5, 0.6) is 0 Å². The molecule has 2 N–H and O–H groups in total. The summed E-state index contributed by atoms with van der Waals surface area (Å²) in [7, 11) is 0. The Balaban J connectivity index is 0.00000400. The van der Waals surface area contributed by atoms with Crippen molar-refractivity contribution in [3.05, 3.63) is 0 Å². The van der Waals surface area contributed by atoms with E-state index in [4.69, 9.17) is 9.73 Å². The van der Waals surface area contributed by atoms with Gasteiger partial charge in [-0.25, -0.2) is 0 Å². The first-order valence-corrected chi connectivity index (χ1v) is 8.15. The minimum atomic E-state index is 0. The lowest BCUT2D eigenvalue weighted by molar-refractivity contribution is 0.152. The van der Waals surface area contributed by atoms with E-state index < -0.39 is 0 Å². The molecular formula is C15H33IN4O. The van der Waals surface area contributed by atoms with Gasteiger partial charge >= 0.3 is 0 Å². The molecule has 1 aliphatic rings. The van der Waals surface area contributed by atoms with Crippen molar-refractivity contribution in [2.24, 2.45) is 4.99 Å². The number of piperidine rings is 1. The fraction of sp³-hybridized carbons (Fsp3) is 0.933. The molecule has 1 aliphatic heterocycles. The van der Waals surface area contributed by atoms with Crippen LogP contribution in [0.3, 0.4) is 0 Å². The molecule has 1 atom stereocenters. The monoisotopic (exact) mass is 412 g/mol. The van der Waals surface area contributed by atoms with Crippen LogP contribution in [-0.4, -0.2) is 62.8 Å². The largest absolute Gasteiger partial charge is 0.380 e. The third-order valence-electron chi connectivity index (χ3n) is 3.70. The second-order valence-electron chi connectivity index (χ2n) is 5.12. The molecule has 1 unspecified atom stereocenters. The molecule has 0 aliphatic carbocycles. The summed E-state index contributed by atoms with van der Waals surface area (Å²) in [6.45, 7) is 12.8. The van der Waals surface area contributed by atoms with E-state index in [2.05, 4.69) is 29.4 Å². The molecule has 0 aromatic carbocycles. The Kier molecular flexibility index (Phi) is 13.5. The van der Waals surface area contributed by atoms with Gasteiger partial charge in [0, 0.05) is 25.7 Å². The molecule has 1 fully saturated rings. The quantitative estimate of drug-likeness (QED) is 0.277. The van der Waals surface area contributed by atoms with Crippen molar-refractivity contribution in [2.45, 2.75) is 46.1 Å². The number of hydrogen-bond donors (Lipinski definition) is 2. The van der Waals surface area contributed by atoms with Crippen molar-refractivity contribution >= 4 is 29.9 Å². The second-order valence-corrected chi connectivity index (χ2v) is 5.12. The second kappa shape index (κ2) is 13.6. The Labute approximate surface area is 147 Å². The molecule has 0 amide bonds. The molecule has 0 aromatic heterocycles. The number of likely N-dealkylation sites (N-methyl/N-ethyl adjacent to an activating group) is 1. The van der Waals surface area contributed by atoms with Gasteiger partial charge in [-0.1, -0.05) is 13.3 Å². The van der Waals surface area contributed by atoms with Gasteiger partial charge in [0.05, 0.1) is 13.2 Å². The van der Waals surface area contributed by atoms with Crippen LogP contribution < -0.4 is 10.6 Å². The number of hydrogen-bond acceptors (Lipinski definition) is 3. The van der Waals surface area contributed by atoms with Gasteiger partial charge in [-0.2, -0.15) is 0 Å². The summed E-state index contributed by atoms with van der Waals surface area (Å²) < 4.78 is 5.34. The van der Waals surface area contributed by atoms with Crippen LogP contribution in [0, 0.1) is 0 Å². The van der Waals surface area contributed by atoms with Crippen molar-refractivity contribution in [3.8, 4) is 0 Å². The molecule has 0 radical (unpaired) electrons. The zero-order valence-electron chi connectivity index (χ0n) is 13.9. The summed E-state index contributed by atoms with van der Waals surface area (Å²) in [5.74, 6) is 0.911. The molecule has 6 heteroatoms. The van der Waals surface area contributed by atoms with Crippen molar-refractivity contribution < 1.29 is 4.74 Å². The molecular weight excluding hydrogens is 379 g/mol. The van der Waals surface area contributed by atoms with Crippen molar-refractivity contribution in [2.75, 3.05) is 45.9 Å². The number of nitrogens with zero attached hydrogens (tertiary/aromatic N) is 2. The molecule has 1 saturated heterocycles. The van der Waals surface area contributed by atoms with Gasteiger partial charge < -0.3 is 15.4 Å². The smallest absolute Gasteiger partial charge is 0.191 e. The Morgan fingerprint density at radius 2 is 2.05 bits per heavy atom. The van der Waals surface area contributed by atoms with Crippen molar-refractivity contribution in [1.29, 1.82) is 0 Å². The highest BCUT2D eigenvalue weighted by Crippen LogP contribution is 2.16. The van der Waals surface area contributed by atoms with E-state index in [1.165, 1.54) is 25.8 Å². The Hall–Kier alpha value is -0.0800. The van der Waals surface area contributed by atoms with Crippen LogP contribution in [0.2, 0.25) is 0 Å². The van der Waals surface area contributed by atoms with E-state index in [0.717, 1.165) is 45.4 Å². The summed E-state index contributed by atoms with van der Waals surface area (Å²) in [6, 6.07) is 0.607.